The Hall–Kier alpha value is -0.100. The van der Waals surface area contributed by atoms with Gasteiger partial charge in [-0.25, -0.2) is 0 Å². The van der Waals surface area contributed by atoms with Gasteiger partial charge in [0.15, 0.2) is 0 Å². The van der Waals surface area contributed by atoms with E-state index < -0.39 is 0 Å². The molecule has 5 heteroatoms. The number of halogens is 1. The Morgan fingerprint density at radius 1 is 1.50 bits per heavy atom. The first-order chi connectivity index (χ1) is 8.60. The number of nitrogens with zero attached hydrogens (tertiary/aromatic N) is 2. The summed E-state index contributed by atoms with van der Waals surface area (Å²) in [6.45, 7) is 2.86. The molecule has 102 valence electrons. The molecule has 2 atom stereocenters. The first-order valence-electron chi connectivity index (χ1n) is 6.11. The number of aromatic nitrogens is 1. The van der Waals surface area contributed by atoms with Crippen molar-refractivity contribution in [2.45, 2.75) is 25.4 Å². The van der Waals surface area contributed by atoms with Crippen LogP contribution in [0.5, 0.6) is 0 Å². The summed E-state index contributed by atoms with van der Waals surface area (Å²) in [5.41, 5.74) is 7.10. The van der Waals surface area contributed by atoms with Gasteiger partial charge < -0.3 is 5.73 Å². The largest absolute Gasteiger partial charge is 0.329 e. The zero-order valence-electron chi connectivity index (χ0n) is 11.3. The van der Waals surface area contributed by atoms with Crippen molar-refractivity contribution in [3.05, 3.63) is 28.5 Å². The van der Waals surface area contributed by atoms with Crippen LogP contribution in [-0.4, -0.2) is 41.5 Å². The molecule has 1 aromatic heterocycles. The van der Waals surface area contributed by atoms with Crippen LogP contribution >= 0.6 is 27.7 Å². The second-order valence-corrected chi connectivity index (χ2v) is 6.39. The van der Waals surface area contributed by atoms with E-state index in [9.17, 15) is 0 Å². The number of thioether (sulfide) groups is 1. The topological polar surface area (TPSA) is 42.1 Å². The average molecular weight is 332 g/mol. The molecule has 1 heterocycles. The fraction of sp³-hybridized carbons (Fsp3) is 0.615. The summed E-state index contributed by atoms with van der Waals surface area (Å²) in [6, 6.07) is 2.85. The molecule has 0 bridgehead atoms. The quantitative estimate of drug-likeness (QED) is 0.834. The van der Waals surface area contributed by atoms with Crippen LogP contribution in [0, 0.1) is 0 Å². The summed E-state index contributed by atoms with van der Waals surface area (Å²) < 4.78 is 1.00. The Balaban J connectivity index is 2.76. The van der Waals surface area contributed by atoms with Crippen LogP contribution in [0.1, 0.15) is 24.9 Å². The Bertz CT molecular complexity index is 362. The van der Waals surface area contributed by atoms with Gasteiger partial charge in [0.2, 0.25) is 0 Å². The van der Waals surface area contributed by atoms with Crippen molar-refractivity contribution in [1.29, 1.82) is 0 Å². The highest BCUT2D eigenvalue weighted by atomic mass is 79.9. The maximum absolute atomic E-state index is 5.93. The minimum Gasteiger partial charge on any atom is -0.329 e. The van der Waals surface area contributed by atoms with Crippen LogP contribution in [0.4, 0.5) is 0 Å². The van der Waals surface area contributed by atoms with E-state index in [4.69, 9.17) is 5.73 Å². The predicted molar refractivity (Wildman–Crippen MR) is 84.0 cm³/mol. The molecule has 1 aromatic rings. The number of pyridine rings is 1. The van der Waals surface area contributed by atoms with Crippen LogP contribution < -0.4 is 5.73 Å². The van der Waals surface area contributed by atoms with Crippen LogP contribution in [-0.2, 0) is 0 Å². The lowest BCUT2D eigenvalue weighted by Gasteiger charge is -2.32. The van der Waals surface area contributed by atoms with Gasteiger partial charge in [0.1, 0.15) is 0 Å². The molecule has 2 N–H and O–H groups in total. The molecule has 0 aliphatic carbocycles. The van der Waals surface area contributed by atoms with Crippen molar-refractivity contribution in [2.75, 3.05) is 25.6 Å². The van der Waals surface area contributed by atoms with Gasteiger partial charge >= 0.3 is 0 Å². The van der Waals surface area contributed by atoms with Crippen molar-refractivity contribution in [3.8, 4) is 0 Å². The van der Waals surface area contributed by atoms with Crippen LogP contribution in [0.3, 0.4) is 0 Å². The number of nitrogens with two attached hydrogens (primary N) is 1. The third-order valence-electron chi connectivity index (χ3n) is 3.26. The number of hydrogen-bond donors (Lipinski definition) is 1. The molecule has 0 saturated carbocycles. The van der Waals surface area contributed by atoms with Gasteiger partial charge in [-0.05, 0) is 60.0 Å². The Morgan fingerprint density at radius 2 is 2.22 bits per heavy atom. The van der Waals surface area contributed by atoms with Gasteiger partial charge in [0.25, 0.3) is 0 Å². The summed E-state index contributed by atoms with van der Waals surface area (Å²) in [5.74, 6) is 1.18. The smallest absolute Gasteiger partial charge is 0.0485 e. The highest BCUT2D eigenvalue weighted by Gasteiger charge is 2.20. The van der Waals surface area contributed by atoms with E-state index >= 15 is 0 Å². The SMILES string of the molecule is CSCCC(C)N(C)C(CN)c1cncc(Br)c1. The fourth-order valence-corrected chi connectivity index (χ4v) is 2.91. The van der Waals surface area contributed by atoms with E-state index in [-0.39, 0.29) is 6.04 Å². The summed E-state index contributed by atoms with van der Waals surface area (Å²) in [6.07, 6.45) is 7.02. The molecular weight excluding hydrogens is 310 g/mol. The molecule has 0 amide bonds. The van der Waals surface area contributed by atoms with Crippen molar-refractivity contribution in [3.63, 3.8) is 0 Å². The molecule has 2 unspecified atom stereocenters. The molecule has 18 heavy (non-hydrogen) atoms. The predicted octanol–water partition coefficient (Wildman–Crippen LogP) is 2.92. The number of rotatable bonds is 7. The Labute approximate surface area is 123 Å². The van der Waals surface area contributed by atoms with Crippen molar-refractivity contribution in [1.82, 2.24) is 9.88 Å². The molecule has 0 aliphatic rings. The second kappa shape index (κ2) is 8.15. The molecule has 0 radical (unpaired) electrons. The maximum Gasteiger partial charge on any atom is 0.0485 e. The Kier molecular flexibility index (Phi) is 7.22. The van der Waals surface area contributed by atoms with Gasteiger partial charge in [-0.1, -0.05) is 0 Å². The van der Waals surface area contributed by atoms with Gasteiger partial charge in [-0.2, -0.15) is 11.8 Å². The summed E-state index contributed by atoms with van der Waals surface area (Å²) in [5, 5.41) is 0. The van der Waals surface area contributed by atoms with Crippen molar-refractivity contribution >= 4 is 27.7 Å². The van der Waals surface area contributed by atoms with Crippen molar-refractivity contribution in [2.24, 2.45) is 5.73 Å². The van der Waals surface area contributed by atoms with E-state index in [1.54, 1.807) is 6.20 Å². The van der Waals surface area contributed by atoms with Crippen LogP contribution in [0.25, 0.3) is 0 Å². The second-order valence-electron chi connectivity index (χ2n) is 4.48. The van der Waals surface area contributed by atoms with Crippen LogP contribution in [0.15, 0.2) is 22.9 Å². The van der Waals surface area contributed by atoms with Gasteiger partial charge in [0.05, 0.1) is 0 Å². The molecule has 1 rings (SSSR count). The first kappa shape index (κ1) is 16.0. The van der Waals surface area contributed by atoms with Gasteiger partial charge in [0, 0.05) is 35.5 Å². The lowest BCUT2D eigenvalue weighted by atomic mass is 10.1. The normalized spacial score (nSPS) is 14.8. The van der Waals surface area contributed by atoms with E-state index in [1.807, 2.05) is 18.0 Å². The highest BCUT2D eigenvalue weighted by Crippen LogP contribution is 2.23. The van der Waals surface area contributed by atoms with E-state index in [1.165, 1.54) is 17.7 Å². The summed E-state index contributed by atoms with van der Waals surface area (Å²) >= 11 is 5.35. The molecule has 0 aliphatic heterocycles. The molecular formula is C13H22BrN3S. The Morgan fingerprint density at radius 3 is 2.78 bits per heavy atom. The zero-order valence-corrected chi connectivity index (χ0v) is 13.7. The minimum absolute atomic E-state index is 0.229. The van der Waals surface area contributed by atoms with E-state index in [0.717, 1.165) is 4.47 Å². The lowest BCUT2D eigenvalue weighted by Crippen LogP contribution is -2.37. The van der Waals surface area contributed by atoms with Crippen LogP contribution in [0.2, 0.25) is 0 Å². The first-order valence-corrected chi connectivity index (χ1v) is 8.30. The molecule has 0 spiro atoms. The van der Waals surface area contributed by atoms with Gasteiger partial charge in [-0.15, -0.1) is 0 Å². The molecule has 3 nitrogen and oxygen atoms in total. The monoisotopic (exact) mass is 331 g/mol. The molecule has 0 fully saturated rings. The third kappa shape index (κ3) is 4.53. The fourth-order valence-electron chi connectivity index (χ4n) is 1.95. The third-order valence-corrected chi connectivity index (χ3v) is 4.34. The summed E-state index contributed by atoms with van der Waals surface area (Å²) in [7, 11) is 2.14. The maximum atomic E-state index is 5.93. The van der Waals surface area contributed by atoms with Crippen molar-refractivity contribution < 1.29 is 0 Å². The lowest BCUT2D eigenvalue weighted by molar-refractivity contribution is 0.185. The summed E-state index contributed by atoms with van der Waals surface area (Å²) in [4.78, 5) is 6.57. The number of hydrogen-bond acceptors (Lipinski definition) is 4. The number of likely N-dealkylation sites (N-methyl/N-ethyl adjacent to an activating group) is 1. The molecule has 0 saturated heterocycles. The standard InChI is InChI=1S/C13H22BrN3S/c1-10(4-5-18-3)17(2)13(7-15)11-6-12(14)9-16-8-11/h6,8-10,13H,4-5,7,15H2,1-3H3. The van der Waals surface area contributed by atoms with E-state index in [2.05, 4.69) is 52.1 Å². The highest BCUT2D eigenvalue weighted by molar-refractivity contribution is 9.10. The minimum atomic E-state index is 0.229. The van der Waals surface area contributed by atoms with Gasteiger partial charge in [-0.3, -0.25) is 9.88 Å². The molecule has 0 aromatic carbocycles. The zero-order chi connectivity index (χ0) is 13.5. The average Bonchev–Trinajstić information content (AvgIpc) is 2.36. The van der Waals surface area contributed by atoms with E-state index in [0.29, 0.717) is 12.6 Å².